The third-order valence-corrected chi connectivity index (χ3v) is 6.80. The van der Waals surface area contributed by atoms with Gasteiger partial charge in [-0.3, -0.25) is 5.43 Å². The van der Waals surface area contributed by atoms with E-state index in [1.54, 1.807) is 0 Å². The molecule has 10 heteroatoms. The highest BCUT2D eigenvalue weighted by atomic mass is 19.1. The average molecular weight is 516 g/mol. The van der Waals surface area contributed by atoms with Crippen LogP contribution in [0.5, 0.6) is 0 Å². The number of para-hydroxylation sites is 1. The highest BCUT2D eigenvalue weighted by molar-refractivity contribution is 5.99. The minimum Gasteiger partial charge on any atom is -0.378 e. The van der Waals surface area contributed by atoms with Crippen molar-refractivity contribution < 1.29 is 13.9 Å². The van der Waals surface area contributed by atoms with Crippen LogP contribution in [0.4, 0.5) is 22.0 Å². The fourth-order valence-corrected chi connectivity index (χ4v) is 4.80. The molecule has 4 heterocycles. The third kappa shape index (κ3) is 5.46. The van der Waals surface area contributed by atoms with Crippen LogP contribution >= 0.6 is 0 Å². The summed E-state index contributed by atoms with van der Waals surface area (Å²) in [5.74, 6) is 1.93. The molecule has 0 radical (unpaired) electrons. The van der Waals surface area contributed by atoms with Crippen LogP contribution < -0.4 is 15.2 Å². The molecule has 2 fully saturated rings. The molecule has 9 nitrogen and oxygen atoms in total. The van der Waals surface area contributed by atoms with E-state index < -0.39 is 0 Å². The highest BCUT2D eigenvalue weighted by Gasteiger charge is 2.19. The fraction of sp³-hybridized carbons (Fsp3) is 0.321. The number of hydrogen-bond donors (Lipinski definition) is 1. The van der Waals surface area contributed by atoms with E-state index in [0.29, 0.717) is 44.7 Å². The molecular formula is C28H30FN7O2. The van der Waals surface area contributed by atoms with Gasteiger partial charge in [-0.1, -0.05) is 30.3 Å². The number of rotatable bonds is 7. The number of aromatic nitrogens is 3. The molecule has 2 aromatic heterocycles. The summed E-state index contributed by atoms with van der Waals surface area (Å²) in [6.07, 6.45) is 3.88. The van der Waals surface area contributed by atoms with Crippen LogP contribution in [-0.2, 0) is 16.0 Å². The number of hydrogen-bond acceptors (Lipinski definition) is 8. The zero-order valence-electron chi connectivity index (χ0n) is 21.1. The topological polar surface area (TPSA) is 80.0 Å². The van der Waals surface area contributed by atoms with Gasteiger partial charge in [-0.25, -0.2) is 4.39 Å². The Morgan fingerprint density at radius 1 is 0.895 bits per heavy atom. The third-order valence-electron chi connectivity index (χ3n) is 6.80. The first-order valence-electron chi connectivity index (χ1n) is 12.9. The van der Waals surface area contributed by atoms with Gasteiger partial charge in [0.15, 0.2) is 5.82 Å². The number of benzene rings is 2. The molecule has 0 aliphatic carbocycles. The molecule has 0 unspecified atom stereocenters. The summed E-state index contributed by atoms with van der Waals surface area (Å²) in [4.78, 5) is 14.0. The normalized spacial score (nSPS) is 16.4. The molecule has 0 spiro atoms. The summed E-state index contributed by atoms with van der Waals surface area (Å²) < 4.78 is 26.6. The Labute approximate surface area is 220 Å². The minimum absolute atomic E-state index is 0.233. The summed E-state index contributed by atoms with van der Waals surface area (Å²) in [5.41, 5.74) is 6.23. The van der Waals surface area contributed by atoms with E-state index in [-0.39, 0.29) is 5.82 Å². The molecular weight excluding hydrogens is 485 g/mol. The van der Waals surface area contributed by atoms with Gasteiger partial charge >= 0.3 is 0 Å². The first-order chi connectivity index (χ1) is 18.7. The number of anilines is 3. The van der Waals surface area contributed by atoms with E-state index in [0.717, 1.165) is 54.0 Å². The summed E-state index contributed by atoms with van der Waals surface area (Å²) in [6.45, 7) is 6.40. The van der Waals surface area contributed by atoms with Gasteiger partial charge in [-0.15, -0.1) is 0 Å². The van der Waals surface area contributed by atoms with Gasteiger partial charge < -0.3 is 23.8 Å². The molecule has 1 N–H and O–H groups in total. The highest BCUT2D eigenvalue weighted by Crippen LogP contribution is 2.24. The molecule has 2 saturated heterocycles. The summed E-state index contributed by atoms with van der Waals surface area (Å²) >= 11 is 0. The second kappa shape index (κ2) is 11.2. The maximum Gasteiger partial charge on any atom is 0.229 e. The van der Waals surface area contributed by atoms with Crippen LogP contribution in [0.2, 0.25) is 0 Å². The molecule has 4 aromatic rings. The molecule has 0 amide bonds. The van der Waals surface area contributed by atoms with Crippen LogP contribution in [0.3, 0.4) is 0 Å². The molecule has 2 aliphatic heterocycles. The van der Waals surface area contributed by atoms with Gasteiger partial charge in [0.2, 0.25) is 5.95 Å². The molecule has 2 aliphatic rings. The zero-order valence-corrected chi connectivity index (χ0v) is 21.1. The second-order valence-corrected chi connectivity index (χ2v) is 9.34. The molecule has 6 rings (SSSR count). The predicted molar refractivity (Wildman–Crippen MR) is 147 cm³/mol. The smallest absolute Gasteiger partial charge is 0.229 e. The lowest BCUT2D eigenvalue weighted by molar-refractivity contribution is 0.121. The SMILES string of the molecule is Fc1ccc(Cn2cc(/C=N/Nc3cc(N4CCOCC4)nc(N4CCOCC4)n3)c3ccccc32)cc1. The van der Waals surface area contributed by atoms with Gasteiger partial charge in [0.05, 0.1) is 32.6 Å². The lowest BCUT2D eigenvalue weighted by Gasteiger charge is -2.31. The number of nitrogens with one attached hydrogen (secondary N) is 1. The van der Waals surface area contributed by atoms with Crippen molar-refractivity contribution in [2.75, 3.05) is 67.8 Å². The number of ether oxygens (including phenoxy) is 2. The van der Waals surface area contributed by atoms with Gasteiger partial charge in [-0.05, 0) is 23.8 Å². The second-order valence-electron chi connectivity index (χ2n) is 9.34. The van der Waals surface area contributed by atoms with Gasteiger partial charge in [-0.2, -0.15) is 15.1 Å². The number of halogens is 1. The number of hydrazone groups is 1. The monoisotopic (exact) mass is 515 g/mol. The van der Waals surface area contributed by atoms with Crippen molar-refractivity contribution >= 4 is 34.7 Å². The molecule has 0 saturated carbocycles. The van der Waals surface area contributed by atoms with E-state index in [1.807, 2.05) is 36.5 Å². The summed E-state index contributed by atoms with van der Waals surface area (Å²) in [7, 11) is 0. The summed E-state index contributed by atoms with van der Waals surface area (Å²) in [5, 5.41) is 5.64. The van der Waals surface area contributed by atoms with Crippen LogP contribution in [0.25, 0.3) is 10.9 Å². The molecule has 38 heavy (non-hydrogen) atoms. The van der Waals surface area contributed by atoms with Crippen LogP contribution in [0, 0.1) is 5.82 Å². The number of nitrogens with zero attached hydrogens (tertiary/aromatic N) is 6. The van der Waals surface area contributed by atoms with E-state index in [9.17, 15) is 4.39 Å². The molecule has 2 aromatic carbocycles. The van der Waals surface area contributed by atoms with E-state index in [4.69, 9.17) is 19.4 Å². The minimum atomic E-state index is -0.233. The van der Waals surface area contributed by atoms with E-state index in [2.05, 4.69) is 43.2 Å². The van der Waals surface area contributed by atoms with Crippen molar-refractivity contribution in [2.24, 2.45) is 5.10 Å². The van der Waals surface area contributed by atoms with Gasteiger partial charge in [0, 0.05) is 61.5 Å². The first-order valence-corrected chi connectivity index (χ1v) is 12.9. The number of fused-ring (bicyclic) bond motifs is 1. The quantitative estimate of drug-likeness (QED) is 0.297. The van der Waals surface area contributed by atoms with Crippen LogP contribution in [-0.4, -0.2) is 73.4 Å². The van der Waals surface area contributed by atoms with Crippen molar-refractivity contribution in [3.63, 3.8) is 0 Å². The first kappa shape index (κ1) is 24.3. The Bertz CT molecular complexity index is 1370. The molecule has 196 valence electrons. The molecule has 0 bridgehead atoms. The van der Waals surface area contributed by atoms with Gasteiger partial charge in [0.1, 0.15) is 11.6 Å². The largest absolute Gasteiger partial charge is 0.378 e. The predicted octanol–water partition coefficient (Wildman–Crippen LogP) is 3.74. The lowest BCUT2D eigenvalue weighted by Crippen LogP contribution is -2.39. The number of morpholine rings is 2. The Morgan fingerprint density at radius 3 is 2.37 bits per heavy atom. The lowest BCUT2D eigenvalue weighted by atomic mass is 10.2. The Morgan fingerprint density at radius 2 is 1.61 bits per heavy atom. The Kier molecular flexibility index (Phi) is 7.14. The standard InChI is InChI=1S/C28H30FN7O2/c29-23-7-5-21(6-8-23)19-36-20-22(24-3-1-2-4-25(24)36)18-30-33-26-17-27(34-9-13-37-14-10-34)32-28(31-26)35-11-15-38-16-12-35/h1-8,17-18,20H,9-16,19H2,(H,31,32,33)/b30-18+. The van der Waals surface area contributed by atoms with Crippen LogP contribution in [0.1, 0.15) is 11.1 Å². The summed E-state index contributed by atoms with van der Waals surface area (Å²) in [6, 6.07) is 16.7. The maximum atomic E-state index is 13.4. The van der Waals surface area contributed by atoms with Crippen molar-refractivity contribution in [1.82, 2.24) is 14.5 Å². The van der Waals surface area contributed by atoms with E-state index in [1.165, 1.54) is 12.1 Å². The van der Waals surface area contributed by atoms with Crippen LogP contribution in [0.15, 0.2) is 65.9 Å². The Balaban J connectivity index is 1.25. The van der Waals surface area contributed by atoms with Crippen molar-refractivity contribution in [2.45, 2.75) is 6.54 Å². The van der Waals surface area contributed by atoms with Crippen molar-refractivity contribution in [1.29, 1.82) is 0 Å². The maximum absolute atomic E-state index is 13.4. The zero-order chi connectivity index (χ0) is 25.7. The fourth-order valence-electron chi connectivity index (χ4n) is 4.80. The average Bonchev–Trinajstić information content (AvgIpc) is 3.32. The Hall–Kier alpha value is -4.02. The van der Waals surface area contributed by atoms with E-state index >= 15 is 0 Å². The van der Waals surface area contributed by atoms with Crippen molar-refractivity contribution in [3.8, 4) is 0 Å². The molecule has 0 atom stereocenters. The van der Waals surface area contributed by atoms with Gasteiger partial charge in [0.25, 0.3) is 0 Å². The van der Waals surface area contributed by atoms with Crippen molar-refractivity contribution in [3.05, 3.63) is 77.7 Å².